The summed E-state index contributed by atoms with van der Waals surface area (Å²) in [7, 11) is 3.46. The minimum atomic E-state index is -0.0821. The van der Waals surface area contributed by atoms with E-state index in [4.69, 9.17) is 0 Å². The lowest BCUT2D eigenvalue weighted by Crippen LogP contribution is -2.52. The molecule has 3 amide bonds. The molecule has 1 aliphatic heterocycles. The van der Waals surface area contributed by atoms with E-state index in [0.29, 0.717) is 31.9 Å². The highest BCUT2D eigenvalue weighted by atomic mass is 16.2. The van der Waals surface area contributed by atoms with Crippen molar-refractivity contribution in [2.45, 2.75) is 6.92 Å². The van der Waals surface area contributed by atoms with Crippen molar-refractivity contribution in [1.29, 1.82) is 0 Å². The number of nitrogens with zero attached hydrogens (tertiary/aromatic N) is 4. The fourth-order valence-electron chi connectivity index (χ4n) is 2.07. The lowest BCUT2D eigenvalue weighted by molar-refractivity contribution is 0.0644. The van der Waals surface area contributed by atoms with E-state index >= 15 is 0 Å². The molecule has 0 aromatic carbocycles. The second kappa shape index (κ2) is 5.29. The van der Waals surface area contributed by atoms with Gasteiger partial charge in [0, 0.05) is 46.0 Å². The molecule has 1 fully saturated rings. The van der Waals surface area contributed by atoms with Crippen LogP contribution in [-0.2, 0) is 0 Å². The molecule has 0 bridgehead atoms. The largest absolute Gasteiger partial charge is 0.334 e. The maximum atomic E-state index is 12.2. The molecule has 2 rings (SSSR count). The average molecular weight is 265 g/mol. The number of carbonyl (C=O) groups excluding carboxylic acids is 2. The van der Waals surface area contributed by atoms with Crippen LogP contribution in [0.5, 0.6) is 0 Å². The molecule has 104 valence electrons. The lowest BCUT2D eigenvalue weighted by atomic mass is 10.2. The van der Waals surface area contributed by atoms with Crippen molar-refractivity contribution in [3.05, 3.63) is 17.5 Å². The first kappa shape index (κ1) is 13.4. The molecule has 0 atom stereocenters. The molecule has 0 unspecified atom stereocenters. The van der Waals surface area contributed by atoms with Crippen LogP contribution in [0, 0.1) is 6.92 Å². The molecule has 19 heavy (non-hydrogen) atoms. The van der Waals surface area contributed by atoms with Gasteiger partial charge in [0.1, 0.15) is 5.69 Å². The Kier molecular flexibility index (Phi) is 3.73. The number of carbonyl (C=O) groups is 2. The molecule has 0 aliphatic carbocycles. The number of aromatic amines is 1. The molecular weight excluding hydrogens is 246 g/mol. The molecule has 1 N–H and O–H groups in total. The zero-order chi connectivity index (χ0) is 14.0. The second-order valence-corrected chi connectivity index (χ2v) is 4.89. The Balaban J connectivity index is 1.93. The highest BCUT2D eigenvalue weighted by molar-refractivity contribution is 5.92. The maximum absolute atomic E-state index is 12.2. The van der Waals surface area contributed by atoms with E-state index in [1.54, 1.807) is 34.9 Å². The van der Waals surface area contributed by atoms with Crippen molar-refractivity contribution in [2.75, 3.05) is 40.3 Å². The lowest BCUT2D eigenvalue weighted by Gasteiger charge is -2.35. The average Bonchev–Trinajstić information content (AvgIpc) is 2.84. The van der Waals surface area contributed by atoms with Crippen molar-refractivity contribution in [3.63, 3.8) is 0 Å². The fraction of sp³-hybridized carbons (Fsp3) is 0.583. The van der Waals surface area contributed by atoms with Gasteiger partial charge in [-0.25, -0.2) is 4.79 Å². The summed E-state index contributed by atoms with van der Waals surface area (Å²) in [5.41, 5.74) is 1.30. The Labute approximate surface area is 112 Å². The van der Waals surface area contributed by atoms with Crippen LogP contribution in [0.1, 0.15) is 16.2 Å². The molecule has 1 aromatic heterocycles. The third-order valence-corrected chi connectivity index (χ3v) is 3.15. The zero-order valence-electron chi connectivity index (χ0n) is 11.5. The number of amides is 3. The second-order valence-electron chi connectivity index (χ2n) is 4.89. The third kappa shape index (κ3) is 2.86. The van der Waals surface area contributed by atoms with Gasteiger partial charge in [0.2, 0.25) is 0 Å². The standard InChI is InChI=1S/C12H19N5O2/c1-9-8-10(14-13-9)11(18)16-4-6-17(7-5-16)12(19)15(2)3/h8H,4-7H2,1-3H3,(H,13,14). The Bertz CT molecular complexity index is 474. The maximum Gasteiger partial charge on any atom is 0.319 e. The Morgan fingerprint density at radius 1 is 1.21 bits per heavy atom. The predicted molar refractivity (Wildman–Crippen MR) is 69.9 cm³/mol. The molecule has 1 saturated heterocycles. The first-order valence-corrected chi connectivity index (χ1v) is 6.26. The van der Waals surface area contributed by atoms with E-state index in [9.17, 15) is 9.59 Å². The molecule has 1 aromatic rings. The summed E-state index contributed by atoms with van der Waals surface area (Å²) >= 11 is 0. The molecular formula is C12H19N5O2. The van der Waals surface area contributed by atoms with Crippen molar-refractivity contribution in [3.8, 4) is 0 Å². The summed E-state index contributed by atoms with van der Waals surface area (Å²) < 4.78 is 0. The fourth-order valence-corrected chi connectivity index (χ4v) is 2.07. The molecule has 0 radical (unpaired) electrons. The Morgan fingerprint density at radius 3 is 2.26 bits per heavy atom. The van der Waals surface area contributed by atoms with Crippen molar-refractivity contribution >= 4 is 11.9 Å². The van der Waals surface area contributed by atoms with Crippen LogP contribution < -0.4 is 0 Å². The minimum absolute atomic E-state index is 0.0114. The van der Waals surface area contributed by atoms with Crippen LogP contribution in [-0.4, -0.2) is 77.1 Å². The van der Waals surface area contributed by atoms with Crippen LogP contribution in [0.2, 0.25) is 0 Å². The summed E-state index contributed by atoms with van der Waals surface area (Å²) in [5, 5.41) is 6.73. The van der Waals surface area contributed by atoms with Crippen LogP contribution in [0.4, 0.5) is 4.79 Å². The van der Waals surface area contributed by atoms with E-state index in [0.717, 1.165) is 5.69 Å². The van der Waals surface area contributed by atoms with Crippen molar-refractivity contribution < 1.29 is 9.59 Å². The first-order valence-electron chi connectivity index (χ1n) is 6.26. The zero-order valence-corrected chi connectivity index (χ0v) is 11.5. The SMILES string of the molecule is Cc1cc(C(=O)N2CCN(C(=O)N(C)C)CC2)n[nH]1. The van der Waals surface area contributed by atoms with Gasteiger partial charge in [-0.2, -0.15) is 5.10 Å². The number of rotatable bonds is 1. The summed E-state index contributed by atoms with van der Waals surface area (Å²) in [5.74, 6) is -0.0821. The Hall–Kier alpha value is -2.05. The van der Waals surface area contributed by atoms with E-state index in [2.05, 4.69) is 10.2 Å². The molecule has 0 saturated carbocycles. The quantitative estimate of drug-likeness (QED) is 0.786. The number of urea groups is 1. The summed E-state index contributed by atoms with van der Waals surface area (Å²) in [6.45, 7) is 4.07. The van der Waals surface area contributed by atoms with Crippen LogP contribution in [0.15, 0.2) is 6.07 Å². The van der Waals surface area contributed by atoms with Gasteiger partial charge in [0.05, 0.1) is 0 Å². The van der Waals surface area contributed by atoms with E-state index < -0.39 is 0 Å². The van der Waals surface area contributed by atoms with Crippen molar-refractivity contribution in [2.24, 2.45) is 0 Å². The highest BCUT2D eigenvalue weighted by Crippen LogP contribution is 2.09. The van der Waals surface area contributed by atoms with Gasteiger partial charge < -0.3 is 14.7 Å². The number of aryl methyl sites for hydroxylation is 1. The number of hydrogen-bond donors (Lipinski definition) is 1. The number of H-pyrrole nitrogens is 1. The van der Waals surface area contributed by atoms with Crippen LogP contribution in [0.25, 0.3) is 0 Å². The van der Waals surface area contributed by atoms with Gasteiger partial charge in [-0.05, 0) is 13.0 Å². The molecule has 7 heteroatoms. The normalized spacial score (nSPS) is 15.5. The van der Waals surface area contributed by atoms with Crippen LogP contribution >= 0.6 is 0 Å². The molecule has 7 nitrogen and oxygen atoms in total. The Morgan fingerprint density at radius 2 is 1.79 bits per heavy atom. The topological polar surface area (TPSA) is 72.5 Å². The van der Waals surface area contributed by atoms with Gasteiger partial charge in [-0.1, -0.05) is 0 Å². The van der Waals surface area contributed by atoms with Gasteiger partial charge in [-0.3, -0.25) is 9.89 Å². The smallest absolute Gasteiger partial charge is 0.319 e. The molecule has 2 heterocycles. The highest BCUT2D eigenvalue weighted by Gasteiger charge is 2.26. The number of piperazine rings is 1. The van der Waals surface area contributed by atoms with Crippen molar-refractivity contribution in [1.82, 2.24) is 24.9 Å². The van der Waals surface area contributed by atoms with Crippen LogP contribution in [0.3, 0.4) is 0 Å². The van der Waals surface area contributed by atoms with Gasteiger partial charge >= 0.3 is 6.03 Å². The minimum Gasteiger partial charge on any atom is -0.334 e. The monoisotopic (exact) mass is 265 g/mol. The predicted octanol–water partition coefficient (Wildman–Crippen LogP) is 0.158. The third-order valence-electron chi connectivity index (χ3n) is 3.15. The first-order chi connectivity index (χ1) is 8.99. The van der Waals surface area contributed by atoms with Gasteiger partial charge in [0.15, 0.2) is 0 Å². The number of aromatic nitrogens is 2. The van der Waals surface area contributed by atoms with E-state index in [1.807, 2.05) is 6.92 Å². The van der Waals surface area contributed by atoms with E-state index in [-0.39, 0.29) is 11.9 Å². The number of nitrogens with one attached hydrogen (secondary N) is 1. The summed E-state index contributed by atoms with van der Waals surface area (Å²) in [4.78, 5) is 29.0. The van der Waals surface area contributed by atoms with Gasteiger partial charge in [-0.15, -0.1) is 0 Å². The number of hydrogen-bond acceptors (Lipinski definition) is 3. The van der Waals surface area contributed by atoms with Gasteiger partial charge in [0.25, 0.3) is 5.91 Å². The summed E-state index contributed by atoms with van der Waals surface area (Å²) in [6, 6.07) is 1.72. The molecule has 0 spiro atoms. The summed E-state index contributed by atoms with van der Waals surface area (Å²) in [6.07, 6.45) is 0. The molecule has 1 aliphatic rings. The van der Waals surface area contributed by atoms with E-state index in [1.165, 1.54) is 0 Å².